The third-order valence-corrected chi connectivity index (χ3v) is 4.84. The van der Waals surface area contributed by atoms with Crippen molar-refractivity contribution in [1.82, 2.24) is 5.32 Å². The van der Waals surface area contributed by atoms with Crippen molar-refractivity contribution >= 4 is 28.7 Å². The molecule has 1 fully saturated rings. The lowest BCUT2D eigenvalue weighted by molar-refractivity contribution is -0.384. The molecule has 1 saturated carbocycles. The van der Waals surface area contributed by atoms with Gasteiger partial charge < -0.3 is 10.6 Å². The Morgan fingerprint density at radius 1 is 1.17 bits per heavy atom. The maximum Gasteiger partial charge on any atom is 0.269 e. The Kier molecular flexibility index (Phi) is 5.57. The fraction of sp³-hybridized carbons (Fsp3) is 0.588. The van der Waals surface area contributed by atoms with Gasteiger partial charge in [-0.15, -0.1) is 0 Å². The average molecular weight is 335 g/mol. The van der Waals surface area contributed by atoms with Crippen LogP contribution in [0.25, 0.3) is 0 Å². The molecular weight excluding hydrogens is 310 g/mol. The Bertz CT molecular complexity index is 558. The summed E-state index contributed by atoms with van der Waals surface area (Å²) in [5, 5.41) is 17.7. The fourth-order valence-corrected chi connectivity index (χ4v) is 3.41. The second-order valence-corrected chi connectivity index (χ2v) is 7.73. The highest BCUT2D eigenvalue weighted by Crippen LogP contribution is 2.37. The van der Waals surface area contributed by atoms with Crippen LogP contribution in [-0.2, 0) is 0 Å². The molecule has 0 aromatic heterocycles. The van der Waals surface area contributed by atoms with E-state index in [1.807, 2.05) is 0 Å². The lowest BCUT2D eigenvalue weighted by Crippen LogP contribution is -2.41. The van der Waals surface area contributed by atoms with E-state index >= 15 is 0 Å². The molecule has 0 unspecified atom stereocenters. The molecule has 2 N–H and O–H groups in total. The van der Waals surface area contributed by atoms with E-state index in [0.29, 0.717) is 16.6 Å². The minimum absolute atomic E-state index is 0.0786. The van der Waals surface area contributed by atoms with Crippen LogP contribution in [0, 0.1) is 21.4 Å². The number of nitrogens with one attached hydrogen (secondary N) is 2. The Labute approximate surface area is 143 Å². The zero-order valence-electron chi connectivity index (χ0n) is 14.0. The van der Waals surface area contributed by atoms with Crippen LogP contribution in [0.1, 0.15) is 46.5 Å². The number of rotatable bonds is 3. The van der Waals surface area contributed by atoms with E-state index in [1.54, 1.807) is 12.1 Å². The largest absolute Gasteiger partial charge is 0.360 e. The van der Waals surface area contributed by atoms with Crippen LogP contribution in [0.15, 0.2) is 24.3 Å². The molecule has 0 spiro atoms. The number of nitrogens with zero attached hydrogens (tertiary/aromatic N) is 1. The SMILES string of the molecule is CC(C)(C)C1CCC(NC(=S)Nc2ccc([N+](=O)[O-])cc2)CC1. The highest BCUT2D eigenvalue weighted by Gasteiger charge is 2.29. The summed E-state index contributed by atoms with van der Waals surface area (Å²) in [6, 6.07) is 6.69. The van der Waals surface area contributed by atoms with Crippen molar-refractivity contribution in [1.29, 1.82) is 0 Å². The van der Waals surface area contributed by atoms with Crippen molar-refractivity contribution < 1.29 is 4.92 Å². The van der Waals surface area contributed by atoms with Gasteiger partial charge in [-0.25, -0.2) is 0 Å². The summed E-state index contributed by atoms with van der Waals surface area (Å²) in [6.07, 6.45) is 4.71. The molecule has 23 heavy (non-hydrogen) atoms. The summed E-state index contributed by atoms with van der Waals surface area (Å²) in [5.41, 5.74) is 1.22. The second kappa shape index (κ2) is 7.25. The van der Waals surface area contributed by atoms with E-state index in [2.05, 4.69) is 31.4 Å². The second-order valence-electron chi connectivity index (χ2n) is 7.32. The number of hydrogen-bond donors (Lipinski definition) is 2. The monoisotopic (exact) mass is 335 g/mol. The maximum atomic E-state index is 10.6. The molecule has 0 bridgehead atoms. The highest BCUT2D eigenvalue weighted by molar-refractivity contribution is 7.80. The fourth-order valence-electron chi connectivity index (χ4n) is 3.12. The summed E-state index contributed by atoms with van der Waals surface area (Å²) in [6.45, 7) is 6.94. The summed E-state index contributed by atoms with van der Waals surface area (Å²) >= 11 is 5.35. The molecule has 0 aliphatic heterocycles. The molecule has 0 heterocycles. The normalized spacial score (nSPS) is 21.5. The summed E-state index contributed by atoms with van der Waals surface area (Å²) < 4.78 is 0. The number of nitro groups is 1. The average Bonchev–Trinajstić information content (AvgIpc) is 2.47. The molecule has 0 saturated heterocycles. The van der Waals surface area contributed by atoms with Crippen molar-refractivity contribution in [2.45, 2.75) is 52.5 Å². The minimum Gasteiger partial charge on any atom is -0.360 e. The van der Waals surface area contributed by atoms with Crippen molar-refractivity contribution in [3.8, 4) is 0 Å². The molecule has 1 aliphatic rings. The van der Waals surface area contributed by atoms with Crippen molar-refractivity contribution in [3.63, 3.8) is 0 Å². The maximum absolute atomic E-state index is 10.6. The van der Waals surface area contributed by atoms with E-state index in [9.17, 15) is 10.1 Å². The van der Waals surface area contributed by atoms with E-state index < -0.39 is 4.92 Å². The standard InChI is InChI=1S/C17H25N3O2S/c1-17(2,3)12-4-6-13(7-5-12)18-16(23)19-14-8-10-15(11-9-14)20(21)22/h8-13H,4-7H2,1-3H3,(H2,18,19,23). The van der Waals surface area contributed by atoms with Crippen LogP contribution >= 0.6 is 12.2 Å². The van der Waals surface area contributed by atoms with Gasteiger partial charge in [0.15, 0.2) is 5.11 Å². The van der Waals surface area contributed by atoms with Crippen LogP contribution in [-0.4, -0.2) is 16.1 Å². The van der Waals surface area contributed by atoms with E-state index in [1.165, 1.54) is 25.0 Å². The van der Waals surface area contributed by atoms with Gasteiger partial charge in [0.05, 0.1) is 4.92 Å². The number of nitro benzene ring substituents is 1. The van der Waals surface area contributed by atoms with Crippen LogP contribution in [0.3, 0.4) is 0 Å². The van der Waals surface area contributed by atoms with E-state index in [-0.39, 0.29) is 5.69 Å². The molecule has 1 aliphatic carbocycles. The predicted octanol–water partition coefficient (Wildman–Crippen LogP) is 4.49. The summed E-state index contributed by atoms with van der Waals surface area (Å²) in [7, 11) is 0. The number of hydrogen-bond acceptors (Lipinski definition) is 3. The first-order valence-corrected chi connectivity index (χ1v) is 8.48. The first-order chi connectivity index (χ1) is 10.8. The van der Waals surface area contributed by atoms with Gasteiger partial charge in [0.2, 0.25) is 0 Å². The summed E-state index contributed by atoms with van der Waals surface area (Å²) in [5.74, 6) is 0.775. The molecular formula is C17H25N3O2S. The molecule has 0 radical (unpaired) electrons. The van der Waals surface area contributed by atoms with Crippen LogP contribution < -0.4 is 10.6 Å². The van der Waals surface area contributed by atoms with Gasteiger partial charge in [-0.1, -0.05) is 20.8 Å². The molecule has 6 heteroatoms. The first-order valence-electron chi connectivity index (χ1n) is 8.07. The lowest BCUT2D eigenvalue weighted by Gasteiger charge is -2.37. The van der Waals surface area contributed by atoms with E-state index in [4.69, 9.17) is 12.2 Å². The number of anilines is 1. The Hall–Kier alpha value is -1.69. The van der Waals surface area contributed by atoms with Gasteiger partial charge in [-0.2, -0.15) is 0 Å². The van der Waals surface area contributed by atoms with Gasteiger partial charge in [0, 0.05) is 23.9 Å². The minimum atomic E-state index is -0.409. The Morgan fingerprint density at radius 2 is 1.74 bits per heavy atom. The van der Waals surface area contributed by atoms with Gasteiger partial charge >= 0.3 is 0 Å². The molecule has 126 valence electrons. The lowest BCUT2D eigenvalue weighted by atomic mass is 9.71. The van der Waals surface area contributed by atoms with Crippen molar-refractivity contribution in [2.24, 2.45) is 11.3 Å². The topological polar surface area (TPSA) is 67.2 Å². The molecule has 0 atom stereocenters. The first kappa shape index (κ1) is 17.7. The predicted molar refractivity (Wildman–Crippen MR) is 97.7 cm³/mol. The van der Waals surface area contributed by atoms with Crippen molar-refractivity contribution in [2.75, 3.05) is 5.32 Å². The quantitative estimate of drug-likeness (QED) is 0.484. The third-order valence-electron chi connectivity index (χ3n) is 4.62. The zero-order chi connectivity index (χ0) is 17.0. The molecule has 0 amide bonds. The van der Waals surface area contributed by atoms with Gasteiger partial charge in [-0.05, 0) is 61.4 Å². The third kappa shape index (κ3) is 5.16. The van der Waals surface area contributed by atoms with Crippen molar-refractivity contribution in [3.05, 3.63) is 34.4 Å². The Morgan fingerprint density at radius 3 is 2.22 bits per heavy atom. The smallest absolute Gasteiger partial charge is 0.269 e. The Balaban J connectivity index is 1.80. The summed E-state index contributed by atoms with van der Waals surface area (Å²) in [4.78, 5) is 10.2. The van der Waals surface area contributed by atoms with Crippen LogP contribution in [0.5, 0.6) is 0 Å². The molecule has 5 nitrogen and oxygen atoms in total. The molecule has 2 rings (SSSR count). The van der Waals surface area contributed by atoms with Gasteiger partial charge in [-0.3, -0.25) is 10.1 Å². The number of non-ortho nitro benzene ring substituents is 1. The molecule has 1 aromatic carbocycles. The number of thiocarbonyl (C=S) groups is 1. The number of benzene rings is 1. The van der Waals surface area contributed by atoms with Crippen LogP contribution in [0.2, 0.25) is 0 Å². The van der Waals surface area contributed by atoms with Gasteiger partial charge in [0.25, 0.3) is 5.69 Å². The van der Waals surface area contributed by atoms with Gasteiger partial charge in [0.1, 0.15) is 0 Å². The zero-order valence-corrected chi connectivity index (χ0v) is 14.8. The molecule has 1 aromatic rings. The van der Waals surface area contributed by atoms with E-state index in [0.717, 1.165) is 24.4 Å². The highest BCUT2D eigenvalue weighted by atomic mass is 32.1. The van der Waals surface area contributed by atoms with Crippen LogP contribution in [0.4, 0.5) is 11.4 Å².